The maximum atomic E-state index is 12.5. The van der Waals surface area contributed by atoms with Gasteiger partial charge in [0.15, 0.2) is 0 Å². The van der Waals surface area contributed by atoms with Crippen molar-refractivity contribution >= 4 is 17.8 Å². The van der Waals surface area contributed by atoms with E-state index in [1.54, 1.807) is 36.2 Å². The number of hydrogen-bond donors (Lipinski definition) is 1. The molecule has 1 fully saturated rings. The van der Waals surface area contributed by atoms with Crippen LogP contribution >= 0.6 is 0 Å². The number of carbonyl (C=O) groups excluding carboxylic acids is 2. The zero-order chi connectivity index (χ0) is 20.2. The quantitative estimate of drug-likeness (QED) is 0.852. The molecule has 7 heteroatoms. The maximum Gasteiger partial charge on any atom is 0.306 e. The molecule has 1 aliphatic heterocycles. The Labute approximate surface area is 159 Å². The van der Waals surface area contributed by atoms with Gasteiger partial charge in [-0.05, 0) is 57.9 Å². The van der Waals surface area contributed by atoms with Gasteiger partial charge in [0.25, 0.3) is 5.91 Å². The molecule has 0 saturated carbocycles. The lowest BCUT2D eigenvalue weighted by atomic mass is 9.97. The zero-order valence-corrected chi connectivity index (χ0v) is 16.4. The number of nitrogens with zero attached hydrogens (tertiary/aromatic N) is 2. The van der Waals surface area contributed by atoms with Gasteiger partial charge in [0.05, 0.1) is 12.5 Å². The third kappa shape index (κ3) is 5.98. The van der Waals surface area contributed by atoms with Gasteiger partial charge in [0.2, 0.25) is 5.91 Å². The average Bonchev–Trinajstić information content (AvgIpc) is 2.60. The Morgan fingerprint density at radius 3 is 2.19 bits per heavy atom. The predicted octanol–water partition coefficient (Wildman–Crippen LogP) is 2.26. The van der Waals surface area contributed by atoms with E-state index in [1.807, 2.05) is 20.8 Å². The van der Waals surface area contributed by atoms with Crippen molar-refractivity contribution in [3.05, 3.63) is 29.8 Å². The first-order chi connectivity index (χ1) is 12.6. The summed E-state index contributed by atoms with van der Waals surface area (Å²) < 4.78 is 5.74. The molecule has 0 atom stereocenters. The fraction of sp³-hybridized carbons (Fsp3) is 0.550. The molecular formula is C20H28N2O5. The number of carbonyl (C=O) groups is 3. The molecule has 1 aromatic rings. The highest BCUT2D eigenvalue weighted by Crippen LogP contribution is 2.20. The maximum absolute atomic E-state index is 12.5. The van der Waals surface area contributed by atoms with Crippen LogP contribution in [0, 0.1) is 5.92 Å². The van der Waals surface area contributed by atoms with Gasteiger partial charge >= 0.3 is 5.97 Å². The highest BCUT2D eigenvalue weighted by molar-refractivity contribution is 5.96. The summed E-state index contributed by atoms with van der Waals surface area (Å²) in [6.45, 7) is 6.64. The number of carboxylic acids is 1. The fourth-order valence-electron chi connectivity index (χ4n) is 2.99. The predicted molar refractivity (Wildman–Crippen MR) is 101 cm³/mol. The van der Waals surface area contributed by atoms with Gasteiger partial charge in [-0.3, -0.25) is 14.4 Å². The van der Waals surface area contributed by atoms with Crippen molar-refractivity contribution in [1.29, 1.82) is 0 Å². The van der Waals surface area contributed by atoms with E-state index in [9.17, 15) is 14.4 Å². The van der Waals surface area contributed by atoms with Crippen LogP contribution in [0.2, 0.25) is 0 Å². The number of benzene rings is 1. The van der Waals surface area contributed by atoms with Crippen LogP contribution in [0.1, 0.15) is 44.0 Å². The van der Waals surface area contributed by atoms with Gasteiger partial charge in [0, 0.05) is 25.7 Å². The molecule has 0 aliphatic carbocycles. The Balaban J connectivity index is 1.89. The molecule has 2 rings (SSSR count). The molecule has 2 amide bonds. The summed E-state index contributed by atoms with van der Waals surface area (Å²) in [7, 11) is 1.59. The van der Waals surface area contributed by atoms with Gasteiger partial charge in [0.1, 0.15) is 11.4 Å². The smallest absolute Gasteiger partial charge is 0.306 e. The molecule has 1 heterocycles. The summed E-state index contributed by atoms with van der Waals surface area (Å²) in [4.78, 5) is 38.9. The van der Waals surface area contributed by atoms with Crippen LogP contribution in [-0.4, -0.2) is 65.0 Å². The van der Waals surface area contributed by atoms with Crippen molar-refractivity contribution in [3.8, 4) is 5.75 Å². The first-order valence-electron chi connectivity index (χ1n) is 9.12. The molecule has 0 spiro atoms. The molecule has 0 aromatic heterocycles. The Morgan fingerprint density at radius 1 is 1.15 bits per heavy atom. The molecule has 0 unspecified atom stereocenters. The first kappa shape index (κ1) is 20.7. The number of hydrogen-bond acceptors (Lipinski definition) is 4. The Bertz CT molecular complexity index is 685. The summed E-state index contributed by atoms with van der Waals surface area (Å²) in [5, 5.41) is 9.02. The number of piperidine rings is 1. The van der Waals surface area contributed by atoms with Gasteiger partial charge < -0.3 is 19.6 Å². The van der Waals surface area contributed by atoms with Crippen molar-refractivity contribution in [1.82, 2.24) is 9.80 Å². The second-order valence-corrected chi connectivity index (χ2v) is 7.89. The molecule has 1 aliphatic rings. The van der Waals surface area contributed by atoms with Gasteiger partial charge in [-0.1, -0.05) is 0 Å². The molecule has 7 nitrogen and oxygen atoms in total. The molecular weight excluding hydrogens is 348 g/mol. The monoisotopic (exact) mass is 376 g/mol. The van der Waals surface area contributed by atoms with E-state index in [2.05, 4.69) is 0 Å². The number of aliphatic carboxylic acids is 1. The molecule has 148 valence electrons. The number of carboxylic acid groups (broad SMARTS) is 1. The minimum Gasteiger partial charge on any atom is -0.488 e. The highest BCUT2D eigenvalue weighted by atomic mass is 16.5. The molecule has 1 saturated heterocycles. The summed E-state index contributed by atoms with van der Waals surface area (Å²) in [6, 6.07) is 6.85. The van der Waals surface area contributed by atoms with E-state index in [0.29, 0.717) is 37.2 Å². The average molecular weight is 376 g/mol. The summed E-state index contributed by atoms with van der Waals surface area (Å²) in [5.41, 5.74) is 0.166. The van der Waals surface area contributed by atoms with E-state index in [-0.39, 0.29) is 29.9 Å². The van der Waals surface area contributed by atoms with Crippen LogP contribution in [-0.2, 0) is 9.59 Å². The third-order valence-electron chi connectivity index (χ3n) is 4.44. The van der Waals surface area contributed by atoms with Crippen molar-refractivity contribution in [2.24, 2.45) is 5.92 Å². The number of rotatable bonds is 5. The Morgan fingerprint density at radius 2 is 1.70 bits per heavy atom. The topological polar surface area (TPSA) is 87.2 Å². The Kier molecular flexibility index (Phi) is 6.46. The fourth-order valence-corrected chi connectivity index (χ4v) is 2.99. The zero-order valence-electron chi connectivity index (χ0n) is 16.4. The van der Waals surface area contributed by atoms with Crippen molar-refractivity contribution < 1.29 is 24.2 Å². The van der Waals surface area contributed by atoms with E-state index < -0.39 is 5.97 Å². The number of likely N-dealkylation sites (N-methyl/N-ethyl adjacent to an activating group) is 1. The highest BCUT2D eigenvalue weighted by Gasteiger charge is 2.28. The minimum atomic E-state index is -0.812. The van der Waals surface area contributed by atoms with E-state index in [1.165, 1.54) is 4.90 Å². The van der Waals surface area contributed by atoms with E-state index >= 15 is 0 Å². The van der Waals surface area contributed by atoms with Crippen LogP contribution in [0.25, 0.3) is 0 Å². The first-order valence-corrected chi connectivity index (χ1v) is 9.12. The lowest BCUT2D eigenvalue weighted by Crippen LogP contribution is -2.45. The molecule has 1 N–H and O–H groups in total. The van der Waals surface area contributed by atoms with Crippen LogP contribution in [0.15, 0.2) is 24.3 Å². The molecule has 0 radical (unpaired) electrons. The van der Waals surface area contributed by atoms with Gasteiger partial charge in [-0.15, -0.1) is 0 Å². The Hall–Kier alpha value is -2.57. The normalized spacial score (nSPS) is 15.3. The summed E-state index contributed by atoms with van der Waals surface area (Å²) in [5.74, 6) is -0.928. The standard InChI is InChI=1S/C20H28N2O5/c1-20(2,3)27-16-7-5-14(6-8-16)18(24)21(4)13-17(23)22-11-9-15(10-12-22)19(25)26/h5-8,15H,9-13H2,1-4H3,(H,25,26). The number of ether oxygens (including phenoxy) is 1. The molecule has 0 bridgehead atoms. The summed E-state index contributed by atoms with van der Waals surface area (Å²) >= 11 is 0. The second-order valence-electron chi connectivity index (χ2n) is 7.89. The van der Waals surface area contributed by atoms with Crippen LogP contribution in [0.3, 0.4) is 0 Å². The molecule has 27 heavy (non-hydrogen) atoms. The lowest BCUT2D eigenvalue weighted by molar-refractivity contribution is -0.145. The largest absolute Gasteiger partial charge is 0.488 e. The van der Waals surface area contributed by atoms with Gasteiger partial charge in [-0.2, -0.15) is 0 Å². The van der Waals surface area contributed by atoms with Crippen molar-refractivity contribution in [3.63, 3.8) is 0 Å². The van der Waals surface area contributed by atoms with E-state index in [4.69, 9.17) is 9.84 Å². The molecule has 1 aromatic carbocycles. The minimum absolute atomic E-state index is 0.0309. The summed E-state index contributed by atoms with van der Waals surface area (Å²) in [6.07, 6.45) is 0.905. The SMILES string of the molecule is CN(CC(=O)N1CCC(C(=O)O)CC1)C(=O)c1ccc(OC(C)(C)C)cc1. The number of amides is 2. The van der Waals surface area contributed by atoms with Gasteiger partial charge in [-0.25, -0.2) is 0 Å². The number of likely N-dealkylation sites (tertiary alicyclic amines) is 1. The van der Waals surface area contributed by atoms with Crippen molar-refractivity contribution in [2.75, 3.05) is 26.7 Å². The van der Waals surface area contributed by atoms with Crippen molar-refractivity contribution in [2.45, 2.75) is 39.2 Å². The van der Waals surface area contributed by atoms with E-state index in [0.717, 1.165) is 0 Å². The van der Waals surface area contributed by atoms with Crippen LogP contribution in [0.4, 0.5) is 0 Å². The third-order valence-corrected chi connectivity index (χ3v) is 4.44. The van der Waals surface area contributed by atoms with Crippen LogP contribution in [0.5, 0.6) is 5.75 Å². The second kappa shape index (κ2) is 8.41. The van der Waals surface area contributed by atoms with Crippen LogP contribution < -0.4 is 4.74 Å². The lowest BCUT2D eigenvalue weighted by Gasteiger charge is -2.31.